The highest BCUT2D eigenvalue weighted by Crippen LogP contribution is 2.21. The molecule has 9 heteroatoms. The molecule has 0 saturated carbocycles. The topological polar surface area (TPSA) is 131 Å². The highest BCUT2D eigenvalue weighted by atomic mass is 35.5. The highest BCUT2D eigenvalue weighted by molar-refractivity contribution is 6.32. The van der Waals surface area contributed by atoms with E-state index in [9.17, 15) is 10.1 Å². The Balaban J connectivity index is 2.16. The Hall–Kier alpha value is -2.74. The summed E-state index contributed by atoms with van der Waals surface area (Å²) in [5.74, 6) is 0.331. The molecule has 0 aliphatic carbocycles. The van der Waals surface area contributed by atoms with E-state index in [0.29, 0.717) is 17.9 Å². The quantitative estimate of drug-likeness (QED) is 0.336. The number of nitro benzene ring substituents is 1. The maximum absolute atomic E-state index is 10.6. The van der Waals surface area contributed by atoms with Crippen molar-refractivity contribution in [3.8, 4) is 0 Å². The predicted octanol–water partition coefficient (Wildman–Crippen LogP) is 2.23. The van der Waals surface area contributed by atoms with Crippen molar-refractivity contribution in [1.82, 2.24) is 9.97 Å². The van der Waals surface area contributed by atoms with Gasteiger partial charge in [0.25, 0.3) is 5.69 Å². The molecule has 0 aliphatic rings. The van der Waals surface area contributed by atoms with E-state index in [-0.39, 0.29) is 16.8 Å². The minimum absolute atomic E-state index is 0.00296. The summed E-state index contributed by atoms with van der Waals surface area (Å²) in [6.07, 6.45) is 1.03. The van der Waals surface area contributed by atoms with Crippen molar-refractivity contribution in [3.05, 3.63) is 50.7 Å². The van der Waals surface area contributed by atoms with Gasteiger partial charge in [-0.25, -0.2) is 4.98 Å². The summed E-state index contributed by atoms with van der Waals surface area (Å²) in [5, 5.41) is 20.9. The number of benzene rings is 1. The molecule has 0 unspecified atom stereocenters. The molecule has 1 aromatic heterocycles. The Bertz CT molecular complexity index is 689. The average molecular weight is 307 g/mol. The van der Waals surface area contributed by atoms with Gasteiger partial charge >= 0.3 is 0 Å². The second kappa shape index (κ2) is 6.14. The molecule has 21 heavy (non-hydrogen) atoms. The fraction of sp³-hybridized carbons (Fsp3) is 0.0833. The van der Waals surface area contributed by atoms with Crippen LogP contribution in [0.5, 0.6) is 0 Å². The third-order valence-electron chi connectivity index (χ3n) is 2.67. The summed E-state index contributed by atoms with van der Waals surface area (Å²) in [6, 6.07) is 6.08. The molecule has 2 rings (SSSR count). The molecule has 0 fully saturated rings. The molecular formula is C12H11ClN6O2. The third-order valence-corrected chi connectivity index (χ3v) is 2.96. The Morgan fingerprint density at radius 2 is 2.05 bits per heavy atom. The molecule has 2 aromatic rings. The van der Waals surface area contributed by atoms with E-state index < -0.39 is 4.92 Å². The van der Waals surface area contributed by atoms with E-state index in [4.69, 9.17) is 22.7 Å². The van der Waals surface area contributed by atoms with E-state index in [1.807, 2.05) is 0 Å². The maximum Gasteiger partial charge on any atom is 0.269 e. The molecule has 4 N–H and O–H groups in total. The van der Waals surface area contributed by atoms with Crippen LogP contribution in [0.3, 0.4) is 0 Å². The van der Waals surface area contributed by atoms with Gasteiger partial charge in [0.1, 0.15) is 11.0 Å². The van der Waals surface area contributed by atoms with E-state index >= 15 is 0 Å². The van der Waals surface area contributed by atoms with E-state index in [0.717, 1.165) is 11.8 Å². The lowest BCUT2D eigenvalue weighted by Gasteiger charge is -2.10. The molecule has 0 atom stereocenters. The molecular weight excluding hydrogens is 296 g/mol. The number of nitro groups is 1. The van der Waals surface area contributed by atoms with Gasteiger partial charge in [-0.05, 0) is 5.56 Å². The molecule has 1 aromatic carbocycles. The second-order valence-electron chi connectivity index (χ2n) is 4.06. The molecule has 0 aliphatic heterocycles. The van der Waals surface area contributed by atoms with E-state index in [2.05, 4.69) is 15.3 Å². The molecule has 0 radical (unpaired) electrons. The van der Waals surface area contributed by atoms with Crippen molar-refractivity contribution in [3.63, 3.8) is 0 Å². The van der Waals surface area contributed by atoms with Crippen LogP contribution in [0.2, 0.25) is 5.15 Å². The van der Waals surface area contributed by atoms with Gasteiger partial charge in [-0.3, -0.25) is 10.1 Å². The van der Waals surface area contributed by atoms with Crippen molar-refractivity contribution >= 4 is 35.3 Å². The van der Waals surface area contributed by atoms with Crippen LogP contribution in [0, 0.1) is 15.5 Å². The Labute approximate surface area is 124 Å². The minimum Gasteiger partial charge on any atom is -0.368 e. The minimum atomic E-state index is -0.463. The Morgan fingerprint density at radius 3 is 2.62 bits per heavy atom. The maximum atomic E-state index is 10.6. The molecule has 0 amide bonds. The van der Waals surface area contributed by atoms with Crippen molar-refractivity contribution in [1.29, 1.82) is 5.41 Å². The lowest BCUT2D eigenvalue weighted by atomic mass is 10.2. The first kappa shape index (κ1) is 14.7. The lowest BCUT2D eigenvalue weighted by Crippen LogP contribution is -2.08. The Kier molecular flexibility index (Phi) is 4.29. The smallest absolute Gasteiger partial charge is 0.269 e. The van der Waals surface area contributed by atoms with Crippen LogP contribution in [0.25, 0.3) is 0 Å². The van der Waals surface area contributed by atoms with Gasteiger partial charge in [0.2, 0.25) is 5.95 Å². The van der Waals surface area contributed by atoms with Crippen LogP contribution in [-0.2, 0) is 6.54 Å². The SMILES string of the molecule is N=Cc1c(Cl)nc(N)nc1NCc1ccc([N+](=O)[O-])cc1. The zero-order chi connectivity index (χ0) is 15.4. The highest BCUT2D eigenvalue weighted by Gasteiger charge is 2.10. The largest absolute Gasteiger partial charge is 0.368 e. The van der Waals surface area contributed by atoms with Gasteiger partial charge in [-0.2, -0.15) is 4.98 Å². The number of rotatable bonds is 5. The predicted molar refractivity (Wildman–Crippen MR) is 79.8 cm³/mol. The number of hydrogen-bond donors (Lipinski definition) is 3. The second-order valence-corrected chi connectivity index (χ2v) is 4.41. The number of aromatic nitrogens is 2. The van der Waals surface area contributed by atoms with Gasteiger partial charge in [0, 0.05) is 24.9 Å². The first-order valence-corrected chi connectivity index (χ1v) is 6.19. The van der Waals surface area contributed by atoms with E-state index in [1.54, 1.807) is 12.1 Å². The monoisotopic (exact) mass is 306 g/mol. The summed E-state index contributed by atoms with van der Waals surface area (Å²) in [7, 11) is 0. The summed E-state index contributed by atoms with van der Waals surface area (Å²) in [5.41, 5.74) is 6.67. The summed E-state index contributed by atoms with van der Waals surface area (Å²) >= 11 is 5.87. The van der Waals surface area contributed by atoms with Crippen LogP contribution in [0.1, 0.15) is 11.1 Å². The van der Waals surface area contributed by atoms with Gasteiger partial charge in [0.15, 0.2) is 0 Å². The molecule has 1 heterocycles. The lowest BCUT2D eigenvalue weighted by molar-refractivity contribution is -0.384. The molecule has 0 spiro atoms. The number of hydrogen-bond acceptors (Lipinski definition) is 7. The van der Waals surface area contributed by atoms with Gasteiger partial charge in [-0.15, -0.1) is 0 Å². The van der Waals surface area contributed by atoms with E-state index in [1.165, 1.54) is 12.1 Å². The summed E-state index contributed by atoms with van der Waals surface area (Å²) in [4.78, 5) is 17.8. The first-order valence-electron chi connectivity index (χ1n) is 5.82. The van der Waals surface area contributed by atoms with Crippen LogP contribution in [0.4, 0.5) is 17.5 Å². The van der Waals surface area contributed by atoms with Crippen molar-refractivity contribution in [2.24, 2.45) is 0 Å². The molecule has 108 valence electrons. The molecule has 0 bridgehead atoms. The van der Waals surface area contributed by atoms with Gasteiger partial charge < -0.3 is 16.5 Å². The number of halogens is 1. The van der Waals surface area contributed by atoms with Crippen molar-refractivity contribution in [2.45, 2.75) is 6.54 Å². The fourth-order valence-corrected chi connectivity index (χ4v) is 1.87. The summed E-state index contributed by atoms with van der Waals surface area (Å²) < 4.78 is 0. The number of nitrogens with zero attached hydrogens (tertiary/aromatic N) is 3. The molecule has 8 nitrogen and oxygen atoms in total. The standard InChI is InChI=1S/C12H11ClN6O2/c13-10-9(5-14)11(18-12(15)17-10)16-6-7-1-3-8(4-2-7)19(20)21/h1-5,14H,6H2,(H3,15,16,17,18). The zero-order valence-electron chi connectivity index (χ0n) is 10.7. The van der Waals surface area contributed by atoms with Crippen LogP contribution in [0.15, 0.2) is 24.3 Å². The van der Waals surface area contributed by atoms with Gasteiger partial charge in [-0.1, -0.05) is 23.7 Å². The van der Waals surface area contributed by atoms with Crippen LogP contribution in [-0.4, -0.2) is 21.1 Å². The van der Waals surface area contributed by atoms with Gasteiger partial charge in [0.05, 0.1) is 10.5 Å². The van der Waals surface area contributed by atoms with Crippen LogP contribution < -0.4 is 11.1 Å². The Morgan fingerprint density at radius 1 is 1.38 bits per heavy atom. The number of anilines is 2. The van der Waals surface area contributed by atoms with Crippen LogP contribution >= 0.6 is 11.6 Å². The number of nitrogens with two attached hydrogens (primary N) is 1. The molecule has 0 saturated heterocycles. The first-order chi connectivity index (χ1) is 10.0. The zero-order valence-corrected chi connectivity index (χ0v) is 11.5. The average Bonchev–Trinajstić information content (AvgIpc) is 2.45. The number of nitrogen functional groups attached to an aromatic ring is 1. The fourth-order valence-electron chi connectivity index (χ4n) is 1.64. The number of nitrogens with one attached hydrogen (secondary N) is 2. The third kappa shape index (κ3) is 3.42. The number of non-ortho nitro benzene ring substituents is 1. The van der Waals surface area contributed by atoms with Crippen molar-refractivity contribution in [2.75, 3.05) is 11.1 Å². The van der Waals surface area contributed by atoms with Crippen molar-refractivity contribution < 1.29 is 4.92 Å². The normalized spacial score (nSPS) is 10.1. The summed E-state index contributed by atoms with van der Waals surface area (Å²) in [6.45, 7) is 0.353.